The highest BCUT2D eigenvalue weighted by atomic mass is 16.8. The van der Waals surface area contributed by atoms with Gasteiger partial charge >= 0.3 is 0 Å². The quantitative estimate of drug-likeness (QED) is 0.676. The Morgan fingerprint density at radius 3 is 2.85 bits per heavy atom. The fourth-order valence-electron chi connectivity index (χ4n) is 2.00. The van der Waals surface area contributed by atoms with E-state index in [0.29, 0.717) is 13.0 Å². The van der Waals surface area contributed by atoms with E-state index in [-0.39, 0.29) is 24.9 Å². The third-order valence-corrected chi connectivity index (χ3v) is 2.48. The van der Waals surface area contributed by atoms with Crippen LogP contribution >= 0.6 is 0 Å². The Morgan fingerprint density at radius 1 is 1.38 bits per heavy atom. The van der Waals surface area contributed by atoms with Crippen molar-refractivity contribution in [1.82, 2.24) is 0 Å². The van der Waals surface area contributed by atoms with Crippen LogP contribution in [0.4, 0.5) is 0 Å². The number of ether oxygens (including phenoxy) is 3. The molecule has 0 radical (unpaired) electrons. The first-order valence-corrected chi connectivity index (χ1v) is 4.70. The van der Waals surface area contributed by atoms with Crippen LogP contribution in [-0.2, 0) is 14.2 Å². The number of aliphatic hydroxyl groups is 1. The van der Waals surface area contributed by atoms with Crippen LogP contribution in [0, 0.1) is 0 Å². The smallest absolute Gasteiger partial charge is 0.164 e. The van der Waals surface area contributed by atoms with Gasteiger partial charge < -0.3 is 19.3 Å². The van der Waals surface area contributed by atoms with Gasteiger partial charge in [0.25, 0.3) is 0 Å². The molecule has 0 bridgehead atoms. The Labute approximate surface area is 77.8 Å². The first-order chi connectivity index (χ1) is 6.12. The molecule has 76 valence electrons. The monoisotopic (exact) mass is 188 g/mol. The summed E-state index contributed by atoms with van der Waals surface area (Å²) in [5.41, 5.74) is 0. The van der Waals surface area contributed by atoms with Gasteiger partial charge in [-0.2, -0.15) is 0 Å². The molecule has 13 heavy (non-hydrogen) atoms. The van der Waals surface area contributed by atoms with Crippen molar-refractivity contribution in [2.45, 2.75) is 44.4 Å². The minimum absolute atomic E-state index is 0.00199. The van der Waals surface area contributed by atoms with Crippen LogP contribution in [0.1, 0.15) is 20.3 Å². The Hall–Kier alpha value is -0.160. The van der Waals surface area contributed by atoms with Gasteiger partial charge in [-0.05, 0) is 20.3 Å². The van der Waals surface area contributed by atoms with Crippen LogP contribution in [0.25, 0.3) is 0 Å². The first-order valence-electron chi connectivity index (χ1n) is 4.70. The maximum absolute atomic E-state index is 8.80. The molecule has 2 rings (SSSR count). The second kappa shape index (κ2) is 3.20. The number of aliphatic hydroxyl groups excluding tert-OH is 1. The molecule has 2 aliphatic rings. The molecule has 1 N–H and O–H groups in total. The summed E-state index contributed by atoms with van der Waals surface area (Å²) in [5, 5.41) is 8.80. The van der Waals surface area contributed by atoms with Crippen LogP contribution in [-0.4, -0.2) is 42.4 Å². The summed E-state index contributed by atoms with van der Waals surface area (Å²) >= 11 is 0. The van der Waals surface area contributed by atoms with Gasteiger partial charge in [0.05, 0.1) is 12.7 Å². The summed E-state index contributed by atoms with van der Waals surface area (Å²) in [7, 11) is 0. The summed E-state index contributed by atoms with van der Waals surface area (Å²) < 4.78 is 16.7. The van der Waals surface area contributed by atoms with Crippen molar-refractivity contribution in [3.8, 4) is 0 Å². The highest BCUT2D eigenvalue weighted by Crippen LogP contribution is 2.35. The van der Waals surface area contributed by atoms with E-state index < -0.39 is 5.79 Å². The first kappa shape index (κ1) is 9.40. The molecule has 0 aliphatic carbocycles. The van der Waals surface area contributed by atoms with E-state index in [4.69, 9.17) is 19.3 Å². The molecule has 2 heterocycles. The van der Waals surface area contributed by atoms with Crippen molar-refractivity contribution >= 4 is 0 Å². The SMILES string of the molecule is CC1(C)O[C@H]2[C@H](CO[C@@H]2CCO)O1. The van der Waals surface area contributed by atoms with E-state index in [1.807, 2.05) is 13.8 Å². The van der Waals surface area contributed by atoms with Crippen molar-refractivity contribution < 1.29 is 19.3 Å². The van der Waals surface area contributed by atoms with Crippen molar-refractivity contribution in [2.75, 3.05) is 13.2 Å². The number of rotatable bonds is 2. The summed E-state index contributed by atoms with van der Waals surface area (Å²) in [6.45, 7) is 4.53. The zero-order valence-corrected chi connectivity index (χ0v) is 8.03. The Morgan fingerprint density at radius 2 is 2.15 bits per heavy atom. The summed E-state index contributed by atoms with van der Waals surface area (Å²) in [6.07, 6.45) is 0.672. The zero-order chi connectivity index (χ0) is 9.47. The highest BCUT2D eigenvalue weighted by Gasteiger charge is 2.49. The zero-order valence-electron chi connectivity index (χ0n) is 8.03. The van der Waals surface area contributed by atoms with E-state index in [9.17, 15) is 0 Å². The average Bonchev–Trinajstić information content (AvgIpc) is 2.48. The van der Waals surface area contributed by atoms with Gasteiger partial charge in [0.2, 0.25) is 0 Å². The maximum Gasteiger partial charge on any atom is 0.164 e. The van der Waals surface area contributed by atoms with Crippen LogP contribution in [0.15, 0.2) is 0 Å². The Bertz CT molecular complexity index is 190. The van der Waals surface area contributed by atoms with E-state index in [0.717, 1.165) is 0 Å². The lowest BCUT2D eigenvalue weighted by Gasteiger charge is -2.21. The molecular formula is C9H16O4. The van der Waals surface area contributed by atoms with Crippen LogP contribution in [0.5, 0.6) is 0 Å². The summed E-state index contributed by atoms with van der Waals surface area (Å²) in [5.74, 6) is -0.493. The molecule has 0 aromatic carbocycles. The fourth-order valence-corrected chi connectivity index (χ4v) is 2.00. The Balaban J connectivity index is 1.99. The summed E-state index contributed by atoms with van der Waals surface area (Å²) in [6, 6.07) is 0. The second-order valence-electron chi connectivity index (χ2n) is 4.02. The van der Waals surface area contributed by atoms with Gasteiger partial charge in [0, 0.05) is 6.61 Å². The minimum atomic E-state index is -0.493. The number of fused-ring (bicyclic) bond motifs is 1. The third kappa shape index (κ3) is 1.72. The van der Waals surface area contributed by atoms with Gasteiger partial charge in [-0.15, -0.1) is 0 Å². The molecule has 0 aromatic rings. The van der Waals surface area contributed by atoms with Gasteiger partial charge in [0.1, 0.15) is 12.2 Å². The van der Waals surface area contributed by atoms with Gasteiger partial charge in [0.15, 0.2) is 5.79 Å². The van der Waals surface area contributed by atoms with E-state index in [1.165, 1.54) is 0 Å². The van der Waals surface area contributed by atoms with Crippen LogP contribution in [0.2, 0.25) is 0 Å². The molecule has 0 unspecified atom stereocenters. The lowest BCUT2D eigenvalue weighted by molar-refractivity contribution is -0.176. The molecule has 2 fully saturated rings. The van der Waals surface area contributed by atoms with E-state index in [2.05, 4.69) is 0 Å². The Kier molecular flexibility index (Phi) is 2.32. The largest absolute Gasteiger partial charge is 0.396 e. The fraction of sp³-hybridized carbons (Fsp3) is 1.00. The van der Waals surface area contributed by atoms with Gasteiger partial charge in [-0.25, -0.2) is 0 Å². The van der Waals surface area contributed by atoms with E-state index >= 15 is 0 Å². The standard InChI is InChI=1S/C9H16O4/c1-9(2)12-7-5-11-6(3-4-10)8(7)13-9/h6-8,10H,3-5H2,1-2H3/t6-,7+,8-/m1/s1. The van der Waals surface area contributed by atoms with Crippen molar-refractivity contribution in [1.29, 1.82) is 0 Å². The highest BCUT2D eigenvalue weighted by molar-refractivity contribution is 4.91. The van der Waals surface area contributed by atoms with Crippen molar-refractivity contribution in [2.24, 2.45) is 0 Å². The summed E-state index contributed by atoms with van der Waals surface area (Å²) in [4.78, 5) is 0. The average molecular weight is 188 g/mol. The molecule has 2 saturated heterocycles. The molecule has 0 spiro atoms. The number of hydrogen-bond donors (Lipinski definition) is 1. The molecule has 4 heteroatoms. The van der Waals surface area contributed by atoms with Crippen LogP contribution in [0.3, 0.4) is 0 Å². The lowest BCUT2D eigenvalue weighted by Crippen LogP contribution is -2.30. The normalized spacial score (nSPS) is 42.2. The van der Waals surface area contributed by atoms with Gasteiger partial charge in [-0.3, -0.25) is 0 Å². The molecule has 0 amide bonds. The predicted molar refractivity (Wildman–Crippen MR) is 45.3 cm³/mol. The molecule has 4 nitrogen and oxygen atoms in total. The maximum atomic E-state index is 8.80. The third-order valence-electron chi connectivity index (χ3n) is 2.48. The van der Waals surface area contributed by atoms with Crippen LogP contribution < -0.4 is 0 Å². The molecule has 0 saturated carbocycles. The molecule has 2 aliphatic heterocycles. The van der Waals surface area contributed by atoms with E-state index in [1.54, 1.807) is 0 Å². The molecule has 0 aromatic heterocycles. The topological polar surface area (TPSA) is 47.9 Å². The number of hydrogen-bond acceptors (Lipinski definition) is 4. The van der Waals surface area contributed by atoms with Gasteiger partial charge in [-0.1, -0.05) is 0 Å². The van der Waals surface area contributed by atoms with Crippen molar-refractivity contribution in [3.63, 3.8) is 0 Å². The predicted octanol–water partition coefficient (Wildman–Crippen LogP) is 0.288. The lowest BCUT2D eigenvalue weighted by atomic mass is 10.1. The molecular weight excluding hydrogens is 172 g/mol. The minimum Gasteiger partial charge on any atom is -0.396 e. The second-order valence-corrected chi connectivity index (χ2v) is 4.02. The molecule has 3 atom stereocenters. The van der Waals surface area contributed by atoms with Crippen molar-refractivity contribution in [3.05, 3.63) is 0 Å².